The van der Waals surface area contributed by atoms with Crippen LogP contribution >= 0.6 is 0 Å². The lowest BCUT2D eigenvalue weighted by atomic mass is 10.0. The fraction of sp³-hybridized carbons (Fsp3) is 0.300. The zero-order chi connectivity index (χ0) is 34.9. The van der Waals surface area contributed by atoms with Gasteiger partial charge in [-0.05, 0) is 47.7 Å². The number of likely N-dealkylation sites (N-methyl/N-ethyl adjacent to an activating group) is 1. The lowest BCUT2D eigenvalue weighted by molar-refractivity contribution is -0.384. The first-order valence-electron chi connectivity index (χ1n) is 17.3. The number of para-hydroxylation sites is 1. The average Bonchev–Trinajstić information content (AvgIpc) is 3.57. The summed E-state index contributed by atoms with van der Waals surface area (Å²) in [6.45, 7) is 6.99. The van der Waals surface area contributed by atoms with E-state index >= 15 is 0 Å². The summed E-state index contributed by atoms with van der Waals surface area (Å²) in [5.41, 5.74) is 5.24. The van der Waals surface area contributed by atoms with Crippen LogP contribution in [-0.4, -0.2) is 101 Å². The predicted octanol–water partition coefficient (Wildman–Crippen LogP) is 5.89. The molecule has 1 aromatic heterocycles. The summed E-state index contributed by atoms with van der Waals surface area (Å²) in [4.78, 5) is 50.5. The smallest absolute Gasteiger partial charge is 0.269 e. The van der Waals surface area contributed by atoms with Gasteiger partial charge in [0.25, 0.3) is 17.5 Å². The standard InChI is InChI=1S/C40H44N6O4/c1-42(21-19-31-15-17-34(18-16-31)46(49)50)39(47)36-12-5-6-13-37(36)40(48)45(22-20-33-29-41-38-14-8-7-11-35(33)38)28-27-43-23-25-44(26-24-43)30-32-9-3-2-4-10-32/h2-18,29,41H,19-28,30H2,1H3. The number of benzene rings is 4. The van der Waals surface area contributed by atoms with E-state index in [-0.39, 0.29) is 17.5 Å². The van der Waals surface area contributed by atoms with E-state index in [1.54, 1.807) is 42.3 Å². The Morgan fingerprint density at radius 2 is 1.36 bits per heavy atom. The van der Waals surface area contributed by atoms with Crippen LogP contribution in [0.1, 0.15) is 37.4 Å². The van der Waals surface area contributed by atoms with Crippen LogP contribution in [0.2, 0.25) is 0 Å². The summed E-state index contributed by atoms with van der Waals surface area (Å²) >= 11 is 0. The van der Waals surface area contributed by atoms with Gasteiger partial charge in [0.05, 0.1) is 16.1 Å². The molecule has 2 amide bonds. The fourth-order valence-electron chi connectivity index (χ4n) is 6.60. The highest BCUT2D eigenvalue weighted by atomic mass is 16.6. The molecule has 258 valence electrons. The molecule has 2 heterocycles. The van der Waals surface area contributed by atoms with Gasteiger partial charge in [0.2, 0.25) is 0 Å². The summed E-state index contributed by atoms with van der Waals surface area (Å²) in [6.07, 6.45) is 3.24. The lowest BCUT2D eigenvalue weighted by Gasteiger charge is -2.36. The number of nitrogens with zero attached hydrogens (tertiary/aromatic N) is 5. The van der Waals surface area contributed by atoms with Crippen LogP contribution in [-0.2, 0) is 19.4 Å². The van der Waals surface area contributed by atoms with E-state index < -0.39 is 4.92 Å². The molecule has 0 radical (unpaired) electrons. The second kappa shape index (κ2) is 16.4. The van der Waals surface area contributed by atoms with Crippen LogP contribution in [0.3, 0.4) is 0 Å². The van der Waals surface area contributed by atoms with E-state index in [0.717, 1.165) is 61.3 Å². The van der Waals surface area contributed by atoms with Crippen LogP contribution in [0.4, 0.5) is 5.69 Å². The van der Waals surface area contributed by atoms with E-state index in [0.29, 0.717) is 43.6 Å². The maximum atomic E-state index is 14.4. The number of hydrogen-bond donors (Lipinski definition) is 1. The Balaban J connectivity index is 1.13. The Kier molecular flexibility index (Phi) is 11.3. The van der Waals surface area contributed by atoms with E-state index in [4.69, 9.17) is 0 Å². The number of H-pyrrole nitrogens is 1. The number of hydrogen-bond acceptors (Lipinski definition) is 6. The molecule has 0 atom stereocenters. The normalized spacial score (nSPS) is 13.7. The van der Waals surface area contributed by atoms with Gasteiger partial charge in [0.15, 0.2) is 0 Å². The van der Waals surface area contributed by atoms with Crippen molar-refractivity contribution in [2.45, 2.75) is 19.4 Å². The van der Waals surface area contributed by atoms with Gasteiger partial charge in [0, 0.05) is 95.2 Å². The Labute approximate surface area is 293 Å². The minimum atomic E-state index is -0.426. The molecule has 10 heteroatoms. The van der Waals surface area contributed by atoms with Gasteiger partial charge in [-0.3, -0.25) is 29.5 Å². The molecule has 0 unspecified atom stereocenters. The van der Waals surface area contributed by atoms with Crippen LogP contribution in [0, 0.1) is 10.1 Å². The van der Waals surface area contributed by atoms with E-state index in [1.807, 2.05) is 35.4 Å². The molecular weight excluding hydrogens is 628 g/mol. The van der Waals surface area contributed by atoms with Crippen molar-refractivity contribution in [1.82, 2.24) is 24.6 Å². The topological polar surface area (TPSA) is 106 Å². The number of rotatable bonds is 14. The molecule has 0 aliphatic carbocycles. The van der Waals surface area contributed by atoms with Crippen molar-refractivity contribution >= 4 is 28.4 Å². The Bertz CT molecular complexity index is 1900. The van der Waals surface area contributed by atoms with Crippen molar-refractivity contribution < 1.29 is 14.5 Å². The Hall–Kier alpha value is -5.32. The molecule has 50 heavy (non-hydrogen) atoms. The van der Waals surface area contributed by atoms with Crippen molar-refractivity contribution in [3.63, 3.8) is 0 Å². The monoisotopic (exact) mass is 672 g/mol. The molecule has 4 aromatic carbocycles. The minimum absolute atomic E-state index is 0.0326. The lowest BCUT2D eigenvalue weighted by Crippen LogP contribution is -2.49. The van der Waals surface area contributed by atoms with Gasteiger partial charge in [-0.15, -0.1) is 0 Å². The SMILES string of the molecule is CN(CCc1ccc([N+](=O)[O-])cc1)C(=O)c1ccccc1C(=O)N(CCc1c[nH]c2ccccc12)CCN1CCN(Cc2ccccc2)CC1. The summed E-state index contributed by atoms with van der Waals surface area (Å²) in [7, 11) is 1.72. The van der Waals surface area contributed by atoms with E-state index in [1.165, 1.54) is 17.7 Å². The van der Waals surface area contributed by atoms with E-state index in [2.05, 4.69) is 51.2 Å². The van der Waals surface area contributed by atoms with Crippen molar-refractivity contribution in [2.24, 2.45) is 0 Å². The Morgan fingerprint density at radius 3 is 2.08 bits per heavy atom. The number of carbonyl (C=O) groups is 2. The van der Waals surface area contributed by atoms with Crippen LogP contribution < -0.4 is 0 Å². The van der Waals surface area contributed by atoms with Gasteiger partial charge < -0.3 is 14.8 Å². The molecule has 1 N–H and O–H groups in total. The largest absolute Gasteiger partial charge is 0.361 e. The van der Waals surface area contributed by atoms with Crippen molar-refractivity contribution in [3.05, 3.63) is 147 Å². The summed E-state index contributed by atoms with van der Waals surface area (Å²) < 4.78 is 0. The number of aromatic nitrogens is 1. The molecule has 1 saturated heterocycles. The zero-order valence-electron chi connectivity index (χ0n) is 28.5. The highest BCUT2D eigenvalue weighted by molar-refractivity contribution is 6.07. The van der Waals surface area contributed by atoms with Crippen LogP contribution in [0.25, 0.3) is 10.9 Å². The zero-order valence-corrected chi connectivity index (χ0v) is 28.5. The highest BCUT2D eigenvalue weighted by Gasteiger charge is 2.25. The third kappa shape index (κ3) is 8.63. The summed E-state index contributed by atoms with van der Waals surface area (Å²) in [5.74, 6) is -0.387. The van der Waals surface area contributed by atoms with Crippen molar-refractivity contribution in [3.8, 4) is 0 Å². The van der Waals surface area contributed by atoms with Gasteiger partial charge >= 0.3 is 0 Å². The van der Waals surface area contributed by atoms with Crippen LogP contribution in [0.15, 0.2) is 109 Å². The maximum Gasteiger partial charge on any atom is 0.269 e. The third-order valence-electron chi connectivity index (χ3n) is 9.63. The number of nitro groups is 1. The summed E-state index contributed by atoms with van der Waals surface area (Å²) in [6, 6.07) is 32.2. The number of amides is 2. The molecular formula is C40H44N6O4. The summed E-state index contributed by atoms with van der Waals surface area (Å²) in [5, 5.41) is 12.2. The average molecular weight is 673 g/mol. The molecule has 6 rings (SSSR count). The quantitative estimate of drug-likeness (QED) is 0.117. The predicted molar refractivity (Wildman–Crippen MR) is 196 cm³/mol. The number of aromatic amines is 1. The third-order valence-corrected chi connectivity index (χ3v) is 9.63. The first kappa shape index (κ1) is 34.5. The number of piperazine rings is 1. The molecule has 0 saturated carbocycles. The van der Waals surface area contributed by atoms with Crippen LogP contribution in [0.5, 0.6) is 0 Å². The van der Waals surface area contributed by atoms with E-state index in [9.17, 15) is 19.7 Å². The number of non-ortho nitro benzene ring substituents is 1. The first-order valence-corrected chi connectivity index (χ1v) is 17.3. The van der Waals surface area contributed by atoms with Crippen molar-refractivity contribution in [1.29, 1.82) is 0 Å². The van der Waals surface area contributed by atoms with Gasteiger partial charge in [0.1, 0.15) is 0 Å². The fourth-order valence-corrected chi connectivity index (χ4v) is 6.60. The molecule has 10 nitrogen and oxygen atoms in total. The maximum absolute atomic E-state index is 14.4. The van der Waals surface area contributed by atoms with Gasteiger partial charge in [-0.2, -0.15) is 0 Å². The molecule has 1 aliphatic heterocycles. The number of nitrogens with one attached hydrogen (secondary N) is 1. The second-order valence-corrected chi connectivity index (χ2v) is 13.0. The molecule has 5 aromatic rings. The molecule has 0 bridgehead atoms. The number of fused-ring (bicyclic) bond motifs is 1. The first-order chi connectivity index (χ1) is 24.4. The number of nitro benzene ring substituents is 1. The molecule has 1 fully saturated rings. The Morgan fingerprint density at radius 1 is 0.720 bits per heavy atom. The number of carbonyl (C=O) groups excluding carboxylic acids is 2. The minimum Gasteiger partial charge on any atom is -0.361 e. The molecule has 1 aliphatic rings. The highest BCUT2D eigenvalue weighted by Crippen LogP contribution is 2.21. The van der Waals surface area contributed by atoms with Gasteiger partial charge in [-0.1, -0.05) is 72.8 Å². The van der Waals surface area contributed by atoms with Gasteiger partial charge in [-0.25, -0.2) is 0 Å². The second-order valence-electron chi connectivity index (χ2n) is 13.0. The molecule has 0 spiro atoms. The van der Waals surface area contributed by atoms with Crippen molar-refractivity contribution in [2.75, 3.05) is 59.4 Å².